The third-order valence-corrected chi connectivity index (χ3v) is 4.71. The van der Waals surface area contributed by atoms with Crippen molar-refractivity contribution in [2.24, 2.45) is 0 Å². The summed E-state index contributed by atoms with van der Waals surface area (Å²) in [5, 5.41) is 0.478. The Labute approximate surface area is 155 Å². The van der Waals surface area contributed by atoms with Crippen molar-refractivity contribution in [3.05, 3.63) is 73.9 Å². The molecule has 136 valence electrons. The monoisotopic (exact) mass is 375 g/mol. The molecule has 0 fully saturated rings. The van der Waals surface area contributed by atoms with E-state index in [1.165, 1.54) is 18.3 Å². The summed E-state index contributed by atoms with van der Waals surface area (Å²) in [6, 6.07) is 6.16. The van der Waals surface area contributed by atoms with Crippen molar-refractivity contribution in [3.63, 3.8) is 0 Å². The SMILES string of the molecule is CCOC(=O)c1cc(C2=C(Cc3cc(Cl)c[nH]c3=O)CCC2)ccc1F. The number of hydrogen-bond donors (Lipinski definition) is 1. The number of H-pyrrole nitrogens is 1. The van der Waals surface area contributed by atoms with Crippen molar-refractivity contribution < 1.29 is 13.9 Å². The Bertz CT molecular complexity index is 933. The van der Waals surface area contributed by atoms with Gasteiger partial charge in [0, 0.05) is 11.8 Å². The topological polar surface area (TPSA) is 59.2 Å². The Kier molecular flexibility index (Phi) is 5.57. The van der Waals surface area contributed by atoms with Gasteiger partial charge in [0.25, 0.3) is 5.56 Å². The maximum atomic E-state index is 14.0. The molecule has 1 aromatic carbocycles. The number of carbonyl (C=O) groups excluding carboxylic acids is 1. The molecule has 26 heavy (non-hydrogen) atoms. The Morgan fingerprint density at radius 3 is 2.88 bits per heavy atom. The van der Waals surface area contributed by atoms with E-state index < -0.39 is 11.8 Å². The molecule has 0 saturated carbocycles. The zero-order chi connectivity index (χ0) is 18.7. The number of rotatable bonds is 5. The first-order chi connectivity index (χ1) is 12.5. The summed E-state index contributed by atoms with van der Waals surface area (Å²) >= 11 is 5.98. The zero-order valence-electron chi connectivity index (χ0n) is 14.4. The summed E-state index contributed by atoms with van der Waals surface area (Å²) in [4.78, 5) is 26.6. The number of nitrogens with one attached hydrogen (secondary N) is 1. The van der Waals surface area contributed by atoms with Gasteiger partial charge in [0.05, 0.1) is 17.2 Å². The van der Waals surface area contributed by atoms with Gasteiger partial charge in [-0.05, 0) is 61.9 Å². The smallest absolute Gasteiger partial charge is 0.341 e. The lowest BCUT2D eigenvalue weighted by Crippen LogP contribution is -2.12. The van der Waals surface area contributed by atoms with Gasteiger partial charge in [0.1, 0.15) is 5.82 Å². The normalized spacial score (nSPS) is 14.0. The minimum atomic E-state index is -0.668. The third-order valence-electron chi connectivity index (χ3n) is 4.49. The highest BCUT2D eigenvalue weighted by molar-refractivity contribution is 6.30. The summed E-state index contributed by atoms with van der Waals surface area (Å²) in [6.45, 7) is 1.87. The first kappa shape index (κ1) is 18.4. The van der Waals surface area contributed by atoms with Gasteiger partial charge in [-0.1, -0.05) is 23.2 Å². The van der Waals surface area contributed by atoms with Crippen LogP contribution in [-0.2, 0) is 11.2 Å². The van der Waals surface area contributed by atoms with Crippen LogP contribution >= 0.6 is 11.6 Å². The van der Waals surface area contributed by atoms with Gasteiger partial charge in [0.15, 0.2) is 0 Å². The number of allylic oxidation sites excluding steroid dienone is 2. The Morgan fingerprint density at radius 1 is 1.31 bits per heavy atom. The average Bonchev–Trinajstić information content (AvgIpc) is 3.07. The number of esters is 1. The first-order valence-corrected chi connectivity index (χ1v) is 8.92. The molecular formula is C20H19ClFNO3. The third kappa shape index (κ3) is 3.88. The fourth-order valence-corrected chi connectivity index (χ4v) is 3.48. The summed E-state index contributed by atoms with van der Waals surface area (Å²) in [7, 11) is 0. The quantitative estimate of drug-likeness (QED) is 0.781. The van der Waals surface area contributed by atoms with Gasteiger partial charge in [0.2, 0.25) is 0 Å². The van der Waals surface area contributed by atoms with Gasteiger partial charge < -0.3 is 9.72 Å². The fraction of sp³-hybridized carbons (Fsp3) is 0.300. The number of pyridine rings is 1. The molecule has 0 atom stereocenters. The number of ether oxygens (including phenoxy) is 1. The van der Waals surface area contributed by atoms with E-state index in [0.717, 1.165) is 36.0 Å². The first-order valence-electron chi connectivity index (χ1n) is 8.54. The molecule has 6 heteroatoms. The molecule has 4 nitrogen and oxygen atoms in total. The van der Waals surface area contributed by atoms with Crippen LogP contribution in [0.4, 0.5) is 4.39 Å². The van der Waals surface area contributed by atoms with E-state index in [0.29, 0.717) is 17.0 Å². The maximum absolute atomic E-state index is 14.0. The lowest BCUT2D eigenvalue weighted by molar-refractivity contribution is 0.0521. The summed E-state index contributed by atoms with van der Waals surface area (Å²) in [5.41, 5.74) is 3.32. The van der Waals surface area contributed by atoms with E-state index in [1.807, 2.05) is 0 Å². The molecule has 3 rings (SSSR count). The van der Waals surface area contributed by atoms with Crippen LogP contribution < -0.4 is 5.56 Å². The predicted octanol–water partition coefficient (Wildman–Crippen LogP) is 4.52. The summed E-state index contributed by atoms with van der Waals surface area (Å²) < 4.78 is 18.9. The van der Waals surface area contributed by atoms with Crippen molar-refractivity contribution in [1.82, 2.24) is 4.98 Å². The van der Waals surface area contributed by atoms with Gasteiger partial charge in [-0.3, -0.25) is 4.79 Å². The molecule has 0 bridgehead atoms. The van der Waals surface area contributed by atoms with Crippen LogP contribution in [0.1, 0.15) is 47.7 Å². The molecular weight excluding hydrogens is 357 g/mol. The number of benzene rings is 1. The van der Waals surface area contributed by atoms with Crippen LogP contribution in [0, 0.1) is 5.82 Å². The van der Waals surface area contributed by atoms with E-state index in [2.05, 4.69) is 4.98 Å². The van der Waals surface area contributed by atoms with Crippen molar-refractivity contribution >= 4 is 23.1 Å². The lowest BCUT2D eigenvalue weighted by Gasteiger charge is -2.10. The second-order valence-corrected chi connectivity index (χ2v) is 6.64. The van der Waals surface area contributed by atoms with E-state index in [-0.39, 0.29) is 17.7 Å². The van der Waals surface area contributed by atoms with Crippen LogP contribution in [0.25, 0.3) is 5.57 Å². The second-order valence-electron chi connectivity index (χ2n) is 6.20. The Hall–Kier alpha value is -2.40. The molecule has 0 amide bonds. The minimum absolute atomic E-state index is 0.0660. The number of carbonyl (C=O) groups is 1. The van der Waals surface area contributed by atoms with Crippen LogP contribution in [0.15, 0.2) is 40.8 Å². The number of hydrogen-bond acceptors (Lipinski definition) is 3. The van der Waals surface area contributed by atoms with Crippen LogP contribution in [-0.4, -0.2) is 17.6 Å². The lowest BCUT2D eigenvalue weighted by atomic mass is 9.96. The Morgan fingerprint density at radius 2 is 2.12 bits per heavy atom. The molecule has 1 N–H and O–H groups in total. The van der Waals surface area contributed by atoms with E-state index >= 15 is 0 Å². The molecule has 0 unspecified atom stereocenters. The van der Waals surface area contributed by atoms with Crippen LogP contribution in [0.2, 0.25) is 5.02 Å². The molecule has 2 aromatic rings. The summed E-state index contributed by atoms with van der Waals surface area (Å²) in [6.07, 6.45) is 4.57. The fourth-order valence-electron chi connectivity index (χ4n) is 3.29. The number of aromatic amines is 1. The van der Waals surface area contributed by atoms with Crippen molar-refractivity contribution in [3.8, 4) is 0 Å². The zero-order valence-corrected chi connectivity index (χ0v) is 15.2. The van der Waals surface area contributed by atoms with Crippen LogP contribution in [0.3, 0.4) is 0 Å². The molecule has 0 saturated heterocycles. The number of halogens is 2. The van der Waals surface area contributed by atoms with Gasteiger partial charge in [-0.2, -0.15) is 0 Å². The second kappa shape index (κ2) is 7.87. The van der Waals surface area contributed by atoms with E-state index in [9.17, 15) is 14.0 Å². The highest BCUT2D eigenvalue weighted by Crippen LogP contribution is 2.36. The van der Waals surface area contributed by atoms with E-state index in [4.69, 9.17) is 16.3 Å². The molecule has 1 aliphatic rings. The van der Waals surface area contributed by atoms with Crippen LogP contribution in [0.5, 0.6) is 0 Å². The highest BCUT2D eigenvalue weighted by atomic mass is 35.5. The minimum Gasteiger partial charge on any atom is -0.462 e. The molecule has 1 aromatic heterocycles. The number of aromatic nitrogens is 1. The molecule has 0 aliphatic heterocycles. The van der Waals surface area contributed by atoms with Crippen molar-refractivity contribution in [1.29, 1.82) is 0 Å². The van der Waals surface area contributed by atoms with Crippen molar-refractivity contribution in [2.75, 3.05) is 6.61 Å². The Balaban J connectivity index is 1.97. The van der Waals surface area contributed by atoms with Crippen molar-refractivity contribution in [2.45, 2.75) is 32.6 Å². The largest absolute Gasteiger partial charge is 0.462 e. The van der Waals surface area contributed by atoms with Gasteiger partial charge in [-0.25, -0.2) is 9.18 Å². The highest BCUT2D eigenvalue weighted by Gasteiger charge is 2.20. The summed E-state index contributed by atoms with van der Waals surface area (Å²) in [5.74, 6) is -1.27. The molecule has 1 heterocycles. The van der Waals surface area contributed by atoms with Gasteiger partial charge >= 0.3 is 5.97 Å². The molecule has 1 aliphatic carbocycles. The standard InChI is InChI=1S/C20H19ClFNO3/c1-2-26-20(25)17-10-13(6-7-18(17)22)16-5-3-4-12(16)8-14-9-15(21)11-23-19(14)24/h6-7,9-11H,2-5,8H2,1H3,(H,23,24). The molecule has 0 spiro atoms. The van der Waals surface area contributed by atoms with E-state index in [1.54, 1.807) is 19.1 Å². The average molecular weight is 376 g/mol. The maximum Gasteiger partial charge on any atom is 0.341 e. The van der Waals surface area contributed by atoms with Gasteiger partial charge in [-0.15, -0.1) is 0 Å². The predicted molar refractivity (Wildman–Crippen MR) is 98.9 cm³/mol. The molecule has 0 radical (unpaired) electrons.